The molecule has 6 rings (SSSR count). The van der Waals surface area contributed by atoms with E-state index in [4.69, 9.17) is 4.74 Å². The summed E-state index contributed by atoms with van der Waals surface area (Å²) in [7, 11) is 0. The zero-order valence-corrected chi connectivity index (χ0v) is 16.8. The summed E-state index contributed by atoms with van der Waals surface area (Å²) < 4.78 is 5.57. The summed E-state index contributed by atoms with van der Waals surface area (Å²) in [5.74, 6) is 2.02. The number of nitrogens with zero attached hydrogens (tertiary/aromatic N) is 2. The maximum atomic E-state index is 13.7. The Bertz CT molecular complexity index is 836. The molecule has 5 nitrogen and oxygen atoms in total. The smallest absolute Gasteiger partial charge is 0.329 e. The van der Waals surface area contributed by atoms with Gasteiger partial charge in [0.05, 0.1) is 17.0 Å². The van der Waals surface area contributed by atoms with Crippen molar-refractivity contribution in [2.75, 3.05) is 6.54 Å². The van der Waals surface area contributed by atoms with Crippen LogP contribution in [0.1, 0.15) is 62.5 Å². The lowest BCUT2D eigenvalue weighted by molar-refractivity contribution is -0.166. The molecule has 4 aliphatic carbocycles. The largest absolute Gasteiger partial charge is 0.459 e. The number of rotatable bonds is 4. The van der Waals surface area contributed by atoms with Crippen LogP contribution in [0, 0.1) is 34.5 Å². The van der Waals surface area contributed by atoms with Gasteiger partial charge in [0.1, 0.15) is 12.6 Å². The molecule has 1 saturated heterocycles. The van der Waals surface area contributed by atoms with E-state index in [0.717, 1.165) is 25.7 Å². The number of carbonyl (C=O) groups is 2. The molecule has 1 atom stereocenters. The predicted molar refractivity (Wildman–Crippen MR) is 106 cm³/mol. The van der Waals surface area contributed by atoms with Gasteiger partial charge in [0.15, 0.2) is 0 Å². The molecule has 1 aromatic carbocycles. The number of ether oxygens (including phenoxy) is 1. The fourth-order valence-corrected chi connectivity index (χ4v) is 6.93. The molecule has 1 amide bonds. The molecule has 1 heterocycles. The maximum absolute atomic E-state index is 13.7. The molecule has 29 heavy (non-hydrogen) atoms. The van der Waals surface area contributed by atoms with E-state index in [-0.39, 0.29) is 23.9 Å². The lowest BCUT2D eigenvalue weighted by Crippen LogP contribution is -2.56. The molecular formula is C24H28N2O3. The zero-order valence-electron chi connectivity index (χ0n) is 16.8. The summed E-state index contributed by atoms with van der Waals surface area (Å²) in [6.45, 7) is 0.744. The molecule has 0 spiro atoms. The third-order valence-corrected chi connectivity index (χ3v) is 7.79. The predicted octanol–water partition coefficient (Wildman–Crippen LogP) is 3.81. The highest BCUT2D eigenvalue weighted by Crippen LogP contribution is 2.60. The van der Waals surface area contributed by atoms with Crippen LogP contribution in [0.4, 0.5) is 0 Å². The summed E-state index contributed by atoms with van der Waals surface area (Å²) in [5.41, 5.74) is 1.01. The summed E-state index contributed by atoms with van der Waals surface area (Å²) in [4.78, 5) is 28.4. The average molecular weight is 392 g/mol. The molecule has 0 unspecified atom stereocenters. The standard InChI is InChI=1S/C24H28N2O3/c25-14-19-4-1-2-5-20(19)15-29-22(27)21-6-3-7-26(21)23(28)24-11-16-8-17(12-24)10-18(9-16)13-24/h1-2,4-5,16-18,21H,3,6-13,15H2/t16?,17?,18?,21-,24?/m0/s1. The molecule has 5 fully saturated rings. The summed E-state index contributed by atoms with van der Waals surface area (Å²) in [6, 6.07) is 8.83. The molecule has 0 N–H and O–H groups in total. The Morgan fingerprint density at radius 3 is 2.41 bits per heavy atom. The molecule has 152 valence electrons. The lowest BCUT2D eigenvalue weighted by atomic mass is 9.49. The van der Waals surface area contributed by atoms with Gasteiger partial charge in [-0.2, -0.15) is 5.26 Å². The number of nitriles is 1. The summed E-state index contributed by atoms with van der Waals surface area (Å²) >= 11 is 0. The van der Waals surface area contributed by atoms with Crippen LogP contribution in [0.25, 0.3) is 0 Å². The van der Waals surface area contributed by atoms with E-state index in [1.165, 1.54) is 19.3 Å². The number of esters is 1. The van der Waals surface area contributed by atoms with Gasteiger partial charge in [0.25, 0.3) is 0 Å². The molecule has 1 aliphatic heterocycles. The second-order valence-electron chi connectivity index (χ2n) is 9.73. The topological polar surface area (TPSA) is 70.4 Å². The minimum atomic E-state index is -0.468. The average Bonchev–Trinajstić information content (AvgIpc) is 3.20. The van der Waals surface area contributed by atoms with Crippen LogP contribution in [-0.4, -0.2) is 29.4 Å². The third kappa shape index (κ3) is 3.23. The second-order valence-corrected chi connectivity index (χ2v) is 9.73. The Kier molecular flexibility index (Phi) is 4.61. The van der Waals surface area contributed by atoms with Gasteiger partial charge < -0.3 is 9.64 Å². The molecule has 5 heteroatoms. The van der Waals surface area contributed by atoms with Gasteiger partial charge in [-0.15, -0.1) is 0 Å². The number of amides is 1. The van der Waals surface area contributed by atoms with Gasteiger partial charge in [-0.3, -0.25) is 4.79 Å². The Morgan fingerprint density at radius 1 is 1.10 bits per heavy atom. The normalized spacial score (nSPS) is 34.8. The van der Waals surface area contributed by atoms with Gasteiger partial charge >= 0.3 is 5.97 Å². The minimum Gasteiger partial charge on any atom is -0.459 e. The monoisotopic (exact) mass is 392 g/mol. The van der Waals surface area contributed by atoms with Gasteiger partial charge in [0.2, 0.25) is 5.91 Å². The van der Waals surface area contributed by atoms with E-state index < -0.39 is 6.04 Å². The van der Waals surface area contributed by atoms with E-state index in [1.54, 1.807) is 18.2 Å². The van der Waals surface area contributed by atoms with Crippen molar-refractivity contribution in [3.05, 3.63) is 35.4 Å². The molecule has 0 aromatic heterocycles. The number of carbonyl (C=O) groups excluding carboxylic acids is 2. The molecule has 4 saturated carbocycles. The van der Waals surface area contributed by atoms with Crippen molar-refractivity contribution in [2.45, 2.75) is 64.0 Å². The van der Waals surface area contributed by atoms with Crippen molar-refractivity contribution in [3.63, 3.8) is 0 Å². The second kappa shape index (κ2) is 7.16. The summed E-state index contributed by atoms with van der Waals surface area (Å²) in [5, 5.41) is 9.22. The SMILES string of the molecule is N#Cc1ccccc1COC(=O)[C@@H]1CCCN1C(=O)C12CC3CC(CC(C3)C1)C2. The van der Waals surface area contributed by atoms with Crippen LogP contribution in [-0.2, 0) is 20.9 Å². The van der Waals surface area contributed by atoms with Crippen molar-refractivity contribution >= 4 is 11.9 Å². The van der Waals surface area contributed by atoms with Gasteiger partial charge in [-0.1, -0.05) is 18.2 Å². The van der Waals surface area contributed by atoms with Crippen molar-refractivity contribution in [1.29, 1.82) is 5.26 Å². The van der Waals surface area contributed by atoms with Gasteiger partial charge in [-0.25, -0.2) is 4.79 Å². The van der Waals surface area contributed by atoms with Crippen molar-refractivity contribution < 1.29 is 14.3 Å². The number of benzene rings is 1. The maximum Gasteiger partial charge on any atom is 0.329 e. The van der Waals surface area contributed by atoms with Crippen molar-refractivity contribution in [3.8, 4) is 6.07 Å². The molecule has 5 aliphatic rings. The van der Waals surface area contributed by atoms with Crippen molar-refractivity contribution in [1.82, 2.24) is 4.90 Å². The lowest BCUT2D eigenvalue weighted by Gasteiger charge is -2.56. The van der Waals surface area contributed by atoms with Crippen LogP contribution in [0.5, 0.6) is 0 Å². The highest BCUT2D eigenvalue weighted by molar-refractivity contribution is 5.89. The van der Waals surface area contributed by atoms with Crippen LogP contribution in [0.3, 0.4) is 0 Å². The number of hydrogen-bond donors (Lipinski definition) is 0. The van der Waals surface area contributed by atoms with E-state index in [9.17, 15) is 14.9 Å². The van der Waals surface area contributed by atoms with Crippen LogP contribution < -0.4 is 0 Å². The first-order chi connectivity index (χ1) is 14.1. The van der Waals surface area contributed by atoms with Crippen LogP contribution >= 0.6 is 0 Å². The van der Waals surface area contributed by atoms with E-state index >= 15 is 0 Å². The fourth-order valence-electron chi connectivity index (χ4n) is 6.93. The number of hydrogen-bond acceptors (Lipinski definition) is 4. The first kappa shape index (κ1) is 18.7. The summed E-state index contributed by atoms with van der Waals surface area (Å²) in [6.07, 6.45) is 8.50. The van der Waals surface area contributed by atoms with E-state index in [1.807, 2.05) is 11.0 Å². The molecule has 4 bridgehead atoms. The first-order valence-electron chi connectivity index (χ1n) is 11.0. The Balaban J connectivity index is 1.28. The van der Waals surface area contributed by atoms with Crippen LogP contribution in [0.2, 0.25) is 0 Å². The van der Waals surface area contributed by atoms with Crippen molar-refractivity contribution in [2.24, 2.45) is 23.2 Å². The highest BCUT2D eigenvalue weighted by atomic mass is 16.5. The van der Waals surface area contributed by atoms with Gasteiger partial charge in [0, 0.05) is 12.1 Å². The van der Waals surface area contributed by atoms with E-state index in [2.05, 4.69) is 6.07 Å². The number of likely N-dealkylation sites (tertiary alicyclic amines) is 1. The quantitative estimate of drug-likeness (QED) is 0.731. The zero-order chi connectivity index (χ0) is 20.0. The molecule has 1 aromatic rings. The molecular weight excluding hydrogens is 364 g/mol. The third-order valence-electron chi connectivity index (χ3n) is 7.79. The van der Waals surface area contributed by atoms with Gasteiger partial charge in [-0.05, 0) is 75.2 Å². The Labute approximate surface area is 172 Å². The minimum absolute atomic E-state index is 0.0818. The first-order valence-corrected chi connectivity index (χ1v) is 11.0. The van der Waals surface area contributed by atoms with E-state index in [0.29, 0.717) is 41.8 Å². The molecule has 0 radical (unpaired) electrons. The highest BCUT2D eigenvalue weighted by Gasteiger charge is 2.56. The fraction of sp³-hybridized carbons (Fsp3) is 0.625. The Morgan fingerprint density at radius 2 is 1.76 bits per heavy atom. The Hall–Kier alpha value is -2.35. The van der Waals surface area contributed by atoms with Crippen LogP contribution in [0.15, 0.2) is 24.3 Å².